The molecule has 0 radical (unpaired) electrons. The van der Waals surface area contributed by atoms with E-state index in [4.69, 9.17) is 10.8 Å². The van der Waals surface area contributed by atoms with Gasteiger partial charge in [-0.05, 0) is 6.42 Å². The van der Waals surface area contributed by atoms with Crippen molar-refractivity contribution in [2.45, 2.75) is 25.7 Å². The first-order chi connectivity index (χ1) is 9.25. The highest BCUT2D eigenvalue weighted by Crippen LogP contribution is 2.07. The van der Waals surface area contributed by atoms with Gasteiger partial charge in [0.1, 0.15) is 11.6 Å². The zero-order valence-electron chi connectivity index (χ0n) is 11.4. The van der Waals surface area contributed by atoms with E-state index in [1.165, 1.54) is 14.1 Å². The van der Waals surface area contributed by atoms with Crippen LogP contribution in [0.5, 0.6) is 0 Å². The molecule has 0 saturated carbocycles. The van der Waals surface area contributed by atoms with Gasteiger partial charge in [-0.15, -0.1) is 0 Å². The van der Waals surface area contributed by atoms with Gasteiger partial charge >= 0.3 is 11.7 Å². The third-order valence-corrected chi connectivity index (χ3v) is 3.03. The number of aliphatic carboxylic acids is 1. The minimum atomic E-state index is -0.977. The van der Waals surface area contributed by atoms with Crippen molar-refractivity contribution in [2.75, 3.05) is 5.73 Å². The fourth-order valence-electron chi connectivity index (χ4n) is 1.82. The minimum absolute atomic E-state index is 0.0373. The predicted octanol–water partition coefficient (Wildman–Crippen LogP) is -0.967. The van der Waals surface area contributed by atoms with Crippen LogP contribution in [0.25, 0.3) is 0 Å². The van der Waals surface area contributed by atoms with Crippen LogP contribution in [-0.4, -0.2) is 26.0 Å². The van der Waals surface area contributed by atoms with Gasteiger partial charge in [-0.25, -0.2) is 4.79 Å². The van der Waals surface area contributed by atoms with Gasteiger partial charge in [0.25, 0.3) is 5.56 Å². The maximum atomic E-state index is 11.9. The Morgan fingerprint density at radius 1 is 1.15 bits per heavy atom. The number of hydrogen-bond donors (Lipinski definition) is 2. The van der Waals surface area contributed by atoms with Crippen molar-refractivity contribution in [2.24, 2.45) is 14.1 Å². The number of carbonyl (C=O) groups is 2. The zero-order valence-corrected chi connectivity index (χ0v) is 11.4. The molecule has 1 heterocycles. The standard InChI is InChI=1S/C12H17N3O5/c1-14-10(13)8(11(19)15(2)12(14)20)6-7(16)4-3-5-9(17)18/h3-6,13H2,1-2H3,(H,17,18). The van der Waals surface area contributed by atoms with E-state index in [-0.39, 0.29) is 42.8 Å². The molecule has 3 N–H and O–H groups in total. The molecule has 1 aromatic rings. The number of nitrogen functional groups attached to an aromatic ring is 1. The number of aromatic nitrogens is 2. The topological polar surface area (TPSA) is 124 Å². The number of rotatable bonds is 6. The molecule has 0 aromatic carbocycles. The van der Waals surface area contributed by atoms with Crippen molar-refractivity contribution in [1.29, 1.82) is 0 Å². The quantitative estimate of drug-likeness (QED) is 0.692. The Morgan fingerprint density at radius 3 is 2.30 bits per heavy atom. The van der Waals surface area contributed by atoms with Gasteiger partial charge in [-0.1, -0.05) is 0 Å². The minimum Gasteiger partial charge on any atom is -0.481 e. The number of carbonyl (C=O) groups excluding carboxylic acids is 1. The number of carboxylic acid groups (broad SMARTS) is 1. The summed E-state index contributed by atoms with van der Waals surface area (Å²) in [5.41, 5.74) is 4.59. The average Bonchev–Trinajstić information content (AvgIpc) is 2.39. The van der Waals surface area contributed by atoms with E-state index in [1.54, 1.807) is 0 Å². The SMILES string of the molecule is Cn1c(N)c(CC(=O)CCCC(=O)O)c(=O)n(C)c1=O. The Bertz CT molecular complexity index is 656. The van der Waals surface area contributed by atoms with E-state index in [0.717, 1.165) is 9.13 Å². The molecule has 1 rings (SSSR count). The Balaban J connectivity index is 2.94. The fraction of sp³-hybridized carbons (Fsp3) is 0.500. The maximum Gasteiger partial charge on any atom is 0.332 e. The Kier molecular flexibility index (Phi) is 4.84. The van der Waals surface area contributed by atoms with Crippen LogP contribution < -0.4 is 17.0 Å². The molecule has 0 fully saturated rings. The second-order valence-corrected chi connectivity index (χ2v) is 4.53. The lowest BCUT2D eigenvalue weighted by Crippen LogP contribution is -2.40. The van der Waals surface area contributed by atoms with Crippen LogP contribution in [0.3, 0.4) is 0 Å². The number of nitrogens with zero attached hydrogens (tertiary/aromatic N) is 2. The molecule has 110 valence electrons. The molecule has 20 heavy (non-hydrogen) atoms. The van der Waals surface area contributed by atoms with Crippen LogP contribution in [0, 0.1) is 0 Å². The normalized spacial score (nSPS) is 10.5. The van der Waals surface area contributed by atoms with Crippen molar-refractivity contribution < 1.29 is 14.7 Å². The molecule has 0 aliphatic carbocycles. The van der Waals surface area contributed by atoms with Gasteiger partial charge < -0.3 is 10.8 Å². The monoisotopic (exact) mass is 283 g/mol. The highest BCUT2D eigenvalue weighted by Gasteiger charge is 2.16. The Hall–Kier alpha value is -2.38. The number of hydrogen-bond acceptors (Lipinski definition) is 5. The summed E-state index contributed by atoms with van der Waals surface area (Å²) in [6.07, 6.45) is -0.0450. The number of Topliss-reactive ketones (excluding diaryl/α,β-unsaturated/α-hetero) is 1. The number of carboxylic acids is 1. The third-order valence-electron chi connectivity index (χ3n) is 3.03. The van der Waals surface area contributed by atoms with Crippen LogP contribution >= 0.6 is 0 Å². The summed E-state index contributed by atoms with van der Waals surface area (Å²) in [6.45, 7) is 0. The summed E-state index contributed by atoms with van der Waals surface area (Å²) >= 11 is 0. The molecule has 0 unspecified atom stereocenters. The number of ketones is 1. The van der Waals surface area contributed by atoms with Crippen molar-refractivity contribution in [3.05, 3.63) is 26.4 Å². The summed E-state index contributed by atoms with van der Waals surface area (Å²) in [7, 11) is 2.72. The van der Waals surface area contributed by atoms with Crippen LogP contribution in [0.1, 0.15) is 24.8 Å². The second-order valence-electron chi connectivity index (χ2n) is 4.53. The van der Waals surface area contributed by atoms with Crippen LogP contribution in [0.15, 0.2) is 9.59 Å². The number of anilines is 1. The molecule has 0 aliphatic rings. The van der Waals surface area contributed by atoms with Gasteiger partial charge in [0.2, 0.25) is 0 Å². The number of nitrogens with two attached hydrogens (primary N) is 1. The van der Waals surface area contributed by atoms with Crippen molar-refractivity contribution in [1.82, 2.24) is 9.13 Å². The van der Waals surface area contributed by atoms with Crippen molar-refractivity contribution in [3.63, 3.8) is 0 Å². The summed E-state index contributed by atoms with van der Waals surface area (Å²) in [5, 5.41) is 8.48. The van der Waals surface area contributed by atoms with Gasteiger partial charge in [-0.3, -0.25) is 23.5 Å². The van der Waals surface area contributed by atoms with Crippen LogP contribution in [0.4, 0.5) is 5.82 Å². The third kappa shape index (κ3) is 3.34. The molecule has 8 heteroatoms. The molecule has 0 bridgehead atoms. The molecular formula is C12H17N3O5. The second kappa shape index (κ2) is 6.18. The lowest BCUT2D eigenvalue weighted by atomic mass is 10.1. The van der Waals surface area contributed by atoms with Gasteiger partial charge in [0.15, 0.2) is 0 Å². The summed E-state index contributed by atoms with van der Waals surface area (Å²) < 4.78 is 1.98. The van der Waals surface area contributed by atoms with Gasteiger partial charge in [0.05, 0.1) is 5.56 Å². The molecular weight excluding hydrogens is 266 g/mol. The zero-order chi connectivity index (χ0) is 15.4. The smallest absolute Gasteiger partial charge is 0.332 e. The highest BCUT2D eigenvalue weighted by molar-refractivity contribution is 5.82. The molecule has 0 atom stereocenters. The first kappa shape index (κ1) is 15.7. The van der Waals surface area contributed by atoms with E-state index < -0.39 is 17.2 Å². The summed E-state index contributed by atoms with van der Waals surface area (Å²) in [4.78, 5) is 45.6. The van der Waals surface area contributed by atoms with Gasteiger partial charge in [0, 0.05) is 33.4 Å². The highest BCUT2D eigenvalue weighted by atomic mass is 16.4. The Morgan fingerprint density at radius 2 is 1.75 bits per heavy atom. The van der Waals surface area contributed by atoms with E-state index in [0.29, 0.717) is 0 Å². The lowest BCUT2D eigenvalue weighted by molar-refractivity contribution is -0.137. The van der Waals surface area contributed by atoms with Crippen molar-refractivity contribution >= 4 is 17.6 Å². The summed E-state index contributed by atoms with van der Waals surface area (Å²) in [5.74, 6) is -1.30. The first-order valence-corrected chi connectivity index (χ1v) is 6.03. The fourth-order valence-corrected chi connectivity index (χ4v) is 1.82. The van der Waals surface area contributed by atoms with E-state index >= 15 is 0 Å². The largest absolute Gasteiger partial charge is 0.481 e. The Labute approximate surface area is 114 Å². The van der Waals surface area contributed by atoms with E-state index in [9.17, 15) is 19.2 Å². The predicted molar refractivity (Wildman–Crippen MR) is 71.5 cm³/mol. The van der Waals surface area contributed by atoms with Crippen molar-refractivity contribution in [3.8, 4) is 0 Å². The molecule has 8 nitrogen and oxygen atoms in total. The van der Waals surface area contributed by atoms with Crippen LogP contribution in [0.2, 0.25) is 0 Å². The first-order valence-electron chi connectivity index (χ1n) is 6.03. The van der Waals surface area contributed by atoms with Crippen LogP contribution in [-0.2, 0) is 30.1 Å². The van der Waals surface area contributed by atoms with Gasteiger partial charge in [-0.2, -0.15) is 0 Å². The molecule has 0 spiro atoms. The summed E-state index contributed by atoms with van der Waals surface area (Å²) in [6, 6.07) is 0. The maximum absolute atomic E-state index is 11.9. The lowest BCUT2D eigenvalue weighted by Gasteiger charge is -2.10. The molecule has 0 saturated heterocycles. The molecule has 0 aliphatic heterocycles. The molecule has 0 amide bonds. The molecule has 1 aromatic heterocycles. The average molecular weight is 283 g/mol. The van der Waals surface area contributed by atoms with E-state index in [1.807, 2.05) is 0 Å². The van der Waals surface area contributed by atoms with E-state index in [2.05, 4.69) is 0 Å².